The van der Waals surface area contributed by atoms with E-state index in [1.165, 1.54) is 18.7 Å². The average Bonchev–Trinajstić information content (AvgIpc) is 2.93. The van der Waals surface area contributed by atoms with Crippen molar-refractivity contribution in [2.75, 3.05) is 19.3 Å². The first-order valence-electron chi connectivity index (χ1n) is 7.90. The van der Waals surface area contributed by atoms with Crippen molar-refractivity contribution in [3.05, 3.63) is 18.1 Å². The maximum Gasteiger partial charge on any atom is 0.253 e. The molecule has 0 aliphatic carbocycles. The number of aromatic nitrogens is 4. The Morgan fingerprint density at radius 3 is 2.77 bits per heavy atom. The molecule has 0 bridgehead atoms. The zero-order valence-electron chi connectivity index (χ0n) is 14.1. The molecule has 120 valence electrons. The number of nitrogens with zero attached hydrogens (tertiary/aromatic N) is 5. The minimum absolute atomic E-state index is 0.204. The average molecular weight is 319 g/mol. The number of piperidine rings is 1. The highest BCUT2D eigenvalue weighted by Gasteiger charge is 2.34. The standard InChI is InChI=1S/C16H25N5S/c1-11-6-7-20(16(2,3)4)9-12(11)13-8-14(22-5)19-15-17-10-18-21(13)15/h8,10-12H,6-7,9H2,1-5H3. The van der Waals surface area contributed by atoms with E-state index in [1.54, 1.807) is 18.1 Å². The SMILES string of the molecule is CSc1cc(C2CN(C(C)(C)C)CCC2C)n2ncnc2n1. The van der Waals surface area contributed by atoms with Gasteiger partial charge in [0.15, 0.2) is 0 Å². The van der Waals surface area contributed by atoms with Crippen LogP contribution in [0, 0.1) is 5.92 Å². The Bertz CT molecular complexity index is 660. The number of fused-ring (bicyclic) bond motifs is 1. The molecule has 0 amide bonds. The zero-order chi connectivity index (χ0) is 15.9. The van der Waals surface area contributed by atoms with E-state index in [-0.39, 0.29) is 5.54 Å². The van der Waals surface area contributed by atoms with Gasteiger partial charge in [-0.1, -0.05) is 6.92 Å². The second-order valence-corrected chi connectivity index (χ2v) is 8.01. The lowest BCUT2D eigenvalue weighted by molar-refractivity contribution is 0.0748. The molecule has 1 aliphatic heterocycles. The Morgan fingerprint density at radius 1 is 1.32 bits per heavy atom. The van der Waals surface area contributed by atoms with E-state index in [1.807, 2.05) is 4.52 Å². The molecule has 6 heteroatoms. The van der Waals surface area contributed by atoms with Gasteiger partial charge >= 0.3 is 0 Å². The van der Waals surface area contributed by atoms with E-state index < -0.39 is 0 Å². The minimum Gasteiger partial charge on any atom is -0.298 e. The molecule has 3 heterocycles. The van der Waals surface area contributed by atoms with Crippen LogP contribution in [0.1, 0.15) is 45.7 Å². The number of hydrogen-bond donors (Lipinski definition) is 0. The van der Waals surface area contributed by atoms with Crippen LogP contribution in [0.15, 0.2) is 17.4 Å². The summed E-state index contributed by atoms with van der Waals surface area (Å²) in [6, 6.07) is 2.19. The van der Waals surface area contributed by atoms with Crippen LogP contribution in [0.3, 0.4) is 0 Å². The molecule has 0 aromatic carbocycles. The van der Waals surface area contributed by atoms with Crippen LogP contribution in [0.4, 0.5) is 0 Å². The predicted molar refractivity (Wildman–Crippen MR) is 90.4 cm³/mol. The van der Waals surface area contributed by atoms with E-state index in [4.69, 9.17) is 0 Å². The number of likely N-dealkylation sites (tertiary alicyclic amines) is 1. The van der Waals surface area contributed by atoms with E-state index in [0.717, 1.165) is 11.6 Å². The highest BCUT2D eigenvalue weighted by molar-refractivity contribution is 7.98. The lowest BCUT2D eigenvalue weighted by Gasteiger charge is -2.44. The van der Waals surface area contributed by atoms with Crippen LogP contribution in [-0.4, -0.2) is 49.4 Å². The van der Waals surface area contributed by atoms with Crippen molar-refractivity contribution in [2.24, 2.45) is 5.92 Å². The summed E-state index contributed by atoms with van der Waals surface area (Å²) in [5.74, 6) is 1.82. The second kappa shape index (κ2) is 5.81. The van der Waals surface area contributed by atoms with Gasteiger partial charge in [0.25, 0.3) is 5.78 Å². The zero-order valence-corrected chi connectivity index (χ0v) is 14.9. The van der Waals surface area contributed by atoms with Crippen LogP contribution >= 0.6 is 11.8 Å². The summed E-state index contributed by atoms with van der Waals surface area (Å²) in [6.07, 6.45) is 4.88. The molecule has 2 aromatic heterocycles. The Balaban J connectivity index is 2.02. The van der Waals surface area contributed by atoms with Gasteiger partial charge in [0.2, 0.25) is 0 Å². The van der Waals surface area contributed by atoms with Gasteiger partial charge in [0.05, 0.1) is 5.69 Å². The molecule has 2 atom stereocenters. The molecule has 1 aliphatic rings. The Hall–Kier alpha value is -1.14. The van der Waals surface area contributed by atoms with Gasteiger partial charge in [-0.05, 0) is 52.0 Å². The largest absolute Gasteiger partial charge is 0.298 e. The van der Waals surface area contributed by atoms with Gasteiger partial charge in [0.1, 0.15) is 11.4 Å². The highest BCUT2D eigenvalue weighted by Crippen LogP contribution is 2.35. The summed E-state index contributed by atoms with van der Waals surface area (Å²) in [7, 11) is 0. The molecule has 0 spiro atoms. The van der Waals surface area contributed by atoms with E-state index in [2.05, 4.69) is 60.0 Å². The molecule has 0 saturated carbocycles. The van der Waals surface area contributed by atoms with Crippen molar-refractivity contribution >= 4 is 17.5 Å². The third kappa shape index (κ3) is 2.86. The molecule has 1 saturated heterocycles. The molecule has 3 rings (SSSR count). The fraction of sp³-hybridized carbons (Fsp3) is 0.688. The normalized spacial score (nSPS) is 24.0. The van der Waals surface area contributed by atoms with Gasteiger partial charge in [-0.2, -0.15) is 10.1 Å². The van der Waals surface area contributed by atoms with Crippen LogP contribution in [0.5, 0.6) is 0 Å². The minimum atomic E-state index is 0.204. The molecule has 5 nitrogen and oxygen atoms in total. The van der Waals surface area contributed by atoms with Crippen molar-refractivity contribution < 1.29 is 0 Å². The third-order valence-corrected chi connectivity index (χ3v) is 5.38. The molecular formula is C16H25N5S. The number of hydrogen-bond acceptors (Lipinski definition) is 5. The van der Waals surface area contributed by atoms with Crippen molar-refractivity contribution in [3.63, 3.8) is 0 Å². The molecule has 0 radical (unpaired) electrons. The second-order valence-electron chi connectivity index (χ2n) is 7.18. The fourth-order valence-electron chi connectivity index (χ4n) is 3.24. The first-order valence-corrected chi connectivity index (χ1v) is 9.12. The quantitative estimate of drug-likeness (QED) is 0.629. The topological polar surface area (TPSA) is 46.3 Å². The summed E-state index contributed by atoms with van der Waals surface area (Å²) in [6.45, 7) is 11.5. The van der Waals surface area contributed by atoms with E-state index in [0.29, 0.717) is 17.6 Å². The van der Waals surface area contributed by atoms with Crippen LogP contribution in [-0.2, 0) is 0 Å². The van der Waals surface area contributed by atoms with Crippen molar-refractivity contribution in [2.45, 2.75) is 50.6 Å². The highest BCUT2D eigenvalue weighted by atomic mass is 32.2. The molecule has 22 heavy (non-hydrogen) atoms. The van der Waals surface area contributed by atoms with Gasteiger partial charge < -0.3 is 0 Å². The van der Waals surface area contributed by atoms with Gasteiger partial charge in [0, 0.05) is 18.0 Å². The molecular weight excluding hydrogens is 294 g/mol. The van der Waals surface area contributed by atoms with Crippen LogP contribution in [0.25, 0.3) is 5.78 Å². The Labute approximate surface area is 136 Å². The summed E-state index contributed by atoms with van der Waals surface area (Å²) >= 11 is 1.67. The fourth-order valence-corrected chi connectivity index (χ4v) is 3.66. The van der Waals surface area contributed by atoms with E-state index in [9.17, 15) is 0 Å². The van der Waals surface area contributed by atoms with Crippen molar-refractivity contribution in [1.29, 1.82) is 0 Å². The van der Waals surface area contributed by atoms with Crippen LogP contribution < -0.4 is 0 Å². The maximum atomic E-state index is 4.54. The third-order valence-electron chi connectivity index (χ3n) is 4.75. The molecule has 1 fully saturated rings. The van der Waals surface area contributed by atoms with Crippen molar-refractivity contribution in [3.8, 4) is 0 Å². The monoisotopic (exact) mass is 319 g/mol. The smallest absolute Gasteiger partial charge is 0.253 e. The lowest BCUT2D eigenvalue weighted by Crippen LogP contribution is -2.49. The summed E-state index contributed by atoms with van der Waals surface area (Å²) in [4.78, 5) is 11.4. The first kappa shape index (κ1) is 15.7. The molecule has 2 aromatic rings. The predicted octanol–water partition coefficient (Wildman–Crippen LogP) is 3.07. The lowest BCUT2D eigenvalue weighted by atomic mass is 9.82. The summed E-state index contributed by atoms with van der Waals surface area (Å²) < 4.78 is 1.92. The first-order chi connectivity index (χ1) is 10.4. The van der Waals surface area contributed by atoms with Gasteiger partial charge in [-0.25, -0.2) is 9.50 Å². The van der Waals surface area contributed by atoms with E-state index >= 15 is 0 Å². The van der Waals surface area contributed by atoms with Gasteiger partial charge in [-0.3, -0.25) is 4.90 Å². The summed E-state index contributed by atoms with van der Waals surface area (Å²) in [5, 5.41) is 5.43. The summed E-state index contributed by atoms with van der Waals surface area (Å²) in [5.41, 5.74) is 1.45. The molecule has 0 N–H and O–H groups in total. The molecule has 2 unspecified atom stereocenters. The van der Waals surface area contributed by atoms with Crippen molar-refractivity contribution in [1.82, 2.24) is 24.5 Å². The van der Waals surface area contributed by atoms with Gasteiger partial charge in [-0.15, -0.1) is 11.8 Å². The van der Waals surface area contributed by atoms with Crippen LogP contribution in [0.2, 0.25) is 0 Å². The number of rotatable bonds is 2. The Kier molecular flexibility index (Phi) is 4.16. The number of thioether (sulfide) groups is 1. The Morgan fingerprint density at radius 2 is 2.09 bits per heavy atom. The maximum absolute atomic E-state index is 4.54.